The Hall–Kier alpha value is -1.26. The van der Waals surface area contributed by atoms with Crippen LogP contribution in [0.1, 0.15) is 12.8 Å². The predicted molar refractivity (Wildman–Crippen MR) is 71.0 cm³/mol. The van der Waals surface area contributed by atoms with Crippen LogP contribution < -0.4 is 15.4 Å². The molecule has 1 saturated heterocycles. The lowest BCUT2D eigenvalue weighted by Gasteiger charge is -2.23. The highest BCUT2D eigenvalue weighted by Gasteiger charge is 2.15. The van der Waals surface area contributed by atoms with Crippen LogP contribution in [0.15, 0.2) is 24.3 Å². The summed E-state index contributed by atoms with van der Waals surface area (Å²) < 4.78 is 5.37. The molecule has 1 aliphatic heterocycles. The Kier molecular flexibility index (Phi) is 4.84. The quantitative estimate of drug-likeness (QED) is 0.872. The van der Waals surface area contributed by atoms with Crippen LogP contribution in [0.5, 0.6) is 5.75 Å². The average Bonchev–Trinajstić information content (AvgIpc) is 2.38. The van der Waals surface area contributed by atoms with Crippen molar-refractivity contribution in [2.75, 3.05) is 19.7 Å². The van der Waals surface area contributed by atoms with Crippen LogP contribution in [0.25, 0.3) is 0 Å². The molecule has 4 nitrogen and oxygen atoms in total. The number of rotatable bonds is 4. The minimum atomic E-state index is -0.0938. The van der Waals surface area contributed by atoms with Crippen LogP contribution in [-0.4, -0.2) is 31.6 Å². The van der Waals surface area contributed by atoms with E-state index in [9.17, 15) is 4.79 Å². The van der Waals surface area contributed by atoms with Crippen molar-refractivity contribution in [1.82, 2.24) is 10.6 Å². The number of nitrogens with one attached hydrogen (secondary N) is 2. The Morgan fingerprint density at radius 3 is 3.17 bits per heavy atom. The molecule has 0 unspecified atom stereocenters. The lowest BCUT2D eigenvalue weighted by Crippen LogP contribution is -2.46. The highest BCUT2D eigenvalue weighted by Crippen LogP contribution is 2.16. The monoisotopic (exact) mass is 268 g/mol. The van der Waals surface area contributed by atoms with Gasteiger partial charge in [-0.25, -0.2) is 0 Å². The van der Waals surface area contributed by atoms with Gasteiger partial charge in [-0.15, -0.1) is 0 Å². The second-order valence-electron chi connectivity index (χ2n) is 4.36. The van der Waals surface area contributed by atoms with E-state index in [1.807, 2.05) is 0 Å². The summed E-state index contributed by atoms with van der Waals surface area (Å²) in [6.45, 7) is 1.89. The van der Waals surface area contributed by atoms with Gasteiger partial charge in [0.1, 0.15) is 5.75 Å². The van der Waals surface area contributed by atoms with Crippen LogP contribution in [0.4, 0.5) is 0 Å². The molecule has 5 heteroatoms. The van der Waals surface area contributed by atoms with Gasteiger partial charge in [0.2, 0.25) is 0 Å². The predicted octanol–water partition coefficient (Wildman–Crippen LogP) is 1.59. The van der Waals surface area contributed by atoms with Gasteiger partial charge >= 0.3 is 0 Å². The first kappa shape index (κ1) is 13.2. The molecular formula is C13H17ClN2O2. The molecule has 0 radical (unpaired) electrons. The second-order valence-corrected chi connectivity index (χ2v) is 4.79. The van der Waals surface area contributed by atoms with Crippen LogP contribution in [0, 0.1) is 0 Å². The van der Waals surface area contributed by atoms with E-state index in [1.165, 1.54) is 0 Å². The van der Waals surface area contributed by atoms with Crippen molar-refractivity contribution >= 4 is 17.5 Å². The molecule has 1 aliphatic rings. The van der Waals surface area contributed by atoms with Gasteiger partial charge in [0.15, 0.2) is 6.61 Å². The zero-order valence-electron chi connectivity index (χ0n) is 10.1. The Morgan fingerprint density at radius 1 is 1.56 bits per heavy atom. The highest BCUT2D eigenvalue weighted by molar-refractivity contribution is 6.30. The van der Waals surface area contributed by atoms with E-state index in [2.05, 4.69) is 10.6 Å². The van der Waals surface area contributed by atoms with E-state index in [0.717, 1.165) is 25.9 Å². The summed E-state index contributed by atoms with van der Waals surface area (Å²) in [6.07, 6.45) is 2.12. The summed E-state index contributed by atoms with van der Waals surface area (Å²) in [7, 11) is 0. The van der Waals surface area contributed by atoms with Gasteiger partial charge in [0, 0.05) is 17.6 Å². The molecule has 0 spiro atoms. The minimum absolute atomic E-state index is 0.0246. The van der Waals surface area contributed by atoms with E-state index in [-0.39, 0.29) is 18.6 Å². The molecule has 1 atom stereocenters. The standard InChI is InChI=1S/C13H17ClN2O2/c14-10-3-1-5-12(7-10)18-9-13(17)16-11-4-2-6-15-8-11/h1,3,5,7,11,15H,2,4,6,8-9H2,(H,16,17)/t11-/m0/s1. The summed E-state index contributed by atoms with van der Waals surface area (Å²) in [4.78, 5) is 11.7. The molecule has 1 aromatic rings. The molecule has 18 heavy (non-hydrogen) atoms. The molecule has 0 saturated carbocycles. The third-order valence-corrected chi connectivity index (χ3v) is 3.06. The summed E-state index contributed by atoms with van der Waals surface area (Å²) in [5.41, 5.74) is 0. The SMILES string of the molecule is O=C(COc1cccc(Cl)c1)N[C@H]1CCCNC1. The van der Waals surface area contributed by atoms with Crippen molar-refractivity contribution in [3.63, 3.8) is 0 Å². The summed E-state index contributed by atoms with van der Waals surface area (Å²) in [5, 5.41) is 6.79. The first-order valence-corrected chi connectivity index (χ1v) is 6.50. The van der Waals surface area contributed by atoms with Crippen molar-refractivity contribution < 1.29 is 9.53 Å². The summed E-state index contributed by atoms with van der Waals surface area (Å²) in [6, 6.07) is 7.25. The van der Waals surface area contributed by atoms with Crippen molar-refractivity contribution in [1.29, 1.82) is 0 Å². The largest absolute Gasteiger partial charge is 0.484 e. The second kappa shape index (κ2) is 6.61. The Morgan fingerprint density at radius 2 is 2.44 bits per heavy atom. The lowest BCUT2D eigenvalue weighted by atomic mass is 10.1. The number of ether oxygens (including phenoxy) is 1. The van der Waals surface area contributed by atoms with Gasteiger partial charge in [-0.2, -0.15) is 0 Å². The molecule has 1 heterocycles. The number of halogens is 1. The van der Waals surface area contributed by atoms with Crippen molar-refractivity contribution in [2.24, 2.45) is 0 Å². The fraction of sp³-hybridized carbons (Fsp3) is 0.462. The molecule has 1 fully saturated rings. The topological polar surface area (TPSA) is 50.4 Å². The molecule has 2 rings (SSSR count). The van der Waals surface area contributed by atoms with Gasteiger partial charge in [-0.1, -0.05) is 17.7 Å². The maximum Gasteiger partial charge on any atom is 0.258 e. The Balaban J connectivity index is 1.74. The third kappa shape index (κ3) is 4.20. The normalized spacial score (nSPS) is 19.3. The van der Waals surface area contributed by atoms with Gasteiger partial charge in [0.25, 0.3) is 5.91 Å². The molecule has 1 amide bonds. The number of amides is 1. The molecule has 0 aliphatic carbocycles. The molecular weight excluding hydrogens is 252 g/mol. The fourth-order valence-electron chi connectivity index (χ4n) is 1.95. The summed E-state index contributed by atoms with van der Waals surface area (Å²) >= 11 is 5.83. The zero-order valence-corrected chi connectivity index (χ0v) is 10.9. The van der Waals surface area contributed by atoms with Gasteiger partial charge in [0.05, 0.1) is 0 Å². The molecule has 0 bridgehead atoms. The van der Waals surface area contributed by atoms with Crippen molar-refractivity contribution in [3.8, 4) is 5.75 Å². The third-order valence-electron chi connectivity index (χ3n) is 2.83. The molecule has 2 N–H and O–H groups in total. The van der Waals surface area contributed by atoms with Gasteiger partial charge in [-0.3, -0.25) is 4.79 Å². The first-order chi connectivity index (χ1) is 8.74. The lowest BCUT2D eigenvalue weighted by molar-refractivity contribution is -0.123. The van der Waals surface area contributed by atoms with E-state index in [1.54, 1.807) is 24.3 Å². The van der Waals surface area contributed by atoms with Gasteiger partial charge < -0.3 is 15.4 Å². The van der Waals surface area contributed by atoms with Crippen LogP contribution in [-0.2, 0) is 4.79 Å². The zero-order chi connectivity index (χ0) is 12.8. The Bertz CT molecular complexity index is 406. The maximum absolute atomic E-state index is 11.7. The Labute approximate surface area is 112 Å². The van der Waals surface area contributed by atoms with E-state index >= 15 is 0 Å². The number of carbonyl (C=O) groups excluding carboxylic acids is 1. The molecule has 98 valence electrons. The molecule has 1 aromatic carbocycles. The van der Waals surface area contributed by atoms with E-state index in [0.29, 0.717) is 10.8 Å². The number of piperidine rings is 1. The number of benzene rings is 1. The average molecular weight is 269 g/mol. The number of hydrogen-bond acceptors (Lipinski definition) is 3. The highest BCUT2D eigenvalue weighted by atomic mass is 35.5. The molecule has 0 aromatic heterocycles. The van der Waals surface area contributed by atoms with Crippen molar-refractivity contribution in [2.45, 2.75) is 18.9 Å². The van der Waals surface area contributed by atoms with Gasteiger partial charge in [-0.05, 0) is 37.6 Å². The summed E-state index contributed by atoms with van der Waals surface area (Å²) in [5.74, 6) is 0.517. The maximum atomic E-state index is 11.7. The van der Waals surface area contributed by atoms with E-state index < -0.39 is 0 Å². The number of hydrogen-bond donors (Lipinski definition) is 2. The van der Waals surface area contributed by atoms with Crippen LogP contribution in [0.3, 0.4) is 0 Å². The van der Waals surface area contributed by atoms with Crippen LogP contribution >= 0.6 is 11.6 Å². The minimum Gasteiger partial charge on any atom is -0.484 e. The fourth-order valence-corrected chi connectivity index (χ4v) is 2.13. The van der Waals surface area contributed by atoms with E-state index in [4.69, 9.17) is 16.3 Å². The van der Waals surface area contributed by atoms with Crippen LogP contribution in [0.2, 0.25) is 5.02 Å². The van der Waals surface area contributed by atoms with Crippen molar-refractivity contribution in [3.05, 3.63) is 29.3 Å². The smallest absolute Gasteiger partial charge is 0.258 e. The first-order valence-electron chi connectivity index (χ1n) is 6.12. The number of carbonyl (C=O) groups is 1.